The summed E-state index contributed by atoms with van der Waals surface area (Å²) in [6.45, 7) is 10.9. The second kappa shape index (κ2) is 17.6. The van der Waals surface area contributed by atoms with Gasteiger partial charge in [0, 0.05) is 7.92 Å². The van der Waals surface area contributed by atoms with Gasteiger partial charge in [-0.3, -0.25) is 5.92 Å². The number of rotatable bonds is 3. The zero-order valence-corrected chi connectivity index (χ0v) is 23.9. The Hall–Kier alpha value is -0.804. The first-order valence-electron chi connectivity index (χ1n) is 14.3. The molecule has 0 N–H and O–H groups in total. The summed E-state index contributed by atoms with van der Waals surface area (Å²) in [6.07, 6.45) is 33.6. The van der Waals surface area contributed by atoms with Crippen molar-refractivity contribution in [3.8, 4) is 5.92 Å². The topological polar surface area (TPSA) is 0 Å². The SMILES string of the molecule is C1CCC([PH+](C2CCCCC2)C2CCCCC2)CC1.[C-]#Cc1ccccc1.[CH-]=C1CCCC1=[CH-].[Co+3]. The van der Waals surface area contributed by atoms with Gasteiger partial charge in [-0.25, -0.2) is 0 Å². The van der Waals surface area contributed by atoms with Gasteiger partial charge in [-0.2, -0.15) is 0 Å². The molecule has 4 aliphatic carbocycles. The van der Waals surface area contributed by atoms with E-state index in [0.29, 0.717) is 0 Å². The number of allylic oxidation sites excluding steroid dienone is 2. The normalized spacial score (nSPS) is 21.7. The molecule has 0 aliphatic heterocycles. The molecule has 192 valence electrons. The first-order valence-corrected chi connectivity index (χ1v) is 16.0. The third-order valence-electron chi connectivity index (χ3n) is 8.45. The van der Waals surface area contributed by atoms with E-state index in [9.17, 15) is 0 Å². The van der Waals surface area contributed by atoms with Gasteiger partial charge in [0.15, 0.2) is 0 Å². The van der Waals surface area contributed by atoms with Crippen LogP contribution in [-0.4, -0.2) is 17.0 Å². The van der Waals surface area contributed by atoms with Crippen molar-refractivity contribution < 1.29 is 16.8 Å². The molecular formula is C33H47CoP+. The first kappa shape index (κ1) is 30.4. The fourth-order valence-electron chi connectivity index (χ4n) is 6.62. The van der Waals surface area contributed by atoms with E-state index in [4.69, 9.17) is 19.6 Å². The van der Waals surface area contributed by atoms with Crippen molar-refractivity contribution >= 4 is 7.92 Å². The molecule has 4 aliphatic rings. The van der Waals surface area contributed by atoms with E-state index in [1.54, 1.807) is 96.3 Å². The summed E-state index contributed by atoms with van der Waals surface area (Å²) < 4.78 is 0. The third kappa shape index (κ3) is 10.6. The second-order valence-electron chi connectivity index (χ2n) is 10.9. The molecule has 0 atom stereocenters. The van der Waals surface area contributed by atoms with Crippen molar-refractivity contribution in [3.05, 3.63) is 66.6 Å². The summed E-state index contributed by atoms with van der Waals surface area (Å²) in [7, 11) is -0.0465. The third-order valence-corrected chi connectivity index (χ3v) is 13.0. The molecule has 4 saturated carbocycles. The summed E-state index contributed by atoms with van der Waals surface area (Å²) in [5, 5.41) is 0. The van der Waals surface area contributed by atoms with Gasteiger partial charge >= 0.3 is 16.8 Å². The molecule has 1 aromatic carbocycles. The summed E-state index contributed by atoms with van der Waals surface area (Å²) >= 11 is 0. The van der Waals surface area contributed by atoms with E-state index >= 15 is 0 Å². The van der Waals surface area contributed by atoms with Gasteiger partial charge in [0.2, 0.25) is 0 Å². The molecule has 0 bridgehead atoms. The smallest absolute Gasteiger partial charge is 0.390 e. The largest absolute Gasteiger partial charge is 3.00 e. The number of hydrogen-bond acceptors (Lipinski definition) is 0. The minimum atomic E-state index is -0.0465. The van der Waals surface area contributed by atoms with E-state index in [0.717, 1.165) is 36.0 Å². The Morgan fingerprint density at radius 1 is 0.600 bits per heavy atom. The molecule has 0 saturated heterocycles. The molecule has 0 nitrogen and oxygen atoms in total. The maximum absolute atomic E-state index is 6.69. The zero-order valence-electron chi connectivity index (χ0n) is 21.8. The van der Waals surface area contributed by atoms with Crippen LogP contribution in [0.25, 0.3) is 0 Å². The molecule has 1 aromatic rings. The second-order valence-corrected chi connectivity index (χ2v) is 14.3. The zero-order chi connectivity index (χ0) is 24.0. The van der Waals surface area contributed by atoms with Gasteiger partial charge in [0.1, 0.15) is 0 Å². The average molecular weight is 534 g/mol. The van der Waals surface area contributed by atoms with Gasteiger partial charge in [0.25, 0.3) is 0 Å². The summed E-state index contributed by atoms with van der Waals surface area (Å²) in [5.74, 6) is 2.28. The van der Waals surface area contributed by atoms with Gasteiger partial charge in [0.05, 0.1) is 17.0 Å². The van der Waals surface area contributed by atoms with Gasteiger partial charge in [-0.15, -0.1) is 30.5 Å². The molecule has 0 spiro atoms. The van der Waals surface area contributed by atoms with Crippen LogP contribution in [0.5, 0.6) is 0 Å². The molecule has 35 heavy (non-hydrogen) atoms. The standard InChI is InChI=1S/C18H33P.C8H5.C7H8.Co/c1-4-10-16(11-5-1)19(17-12-6-2-7-13-17)18-14-8-3-9-15-18;1-2-8-6-4-3-5-7-8;1-6-4-3-5-7(6)2;/h16-18H,1-15H2;3-7H;1-2H,3-5H2;/q;-1;-2;+3/p+1. The van der Waals surface area contributed by atoms with Gasteiger partial charge in [-0.05, 0) is 77.0 Å². The van der Waals surface area contributed by atoms with Crippen LogP contribution in [0.2, 0.25) is 0 Å². The Morgan fingerprint density at radius 2 is 0.971 bits per heavy atom. The first-order chi connectivity index (χ1) is 16.7. The van der Waals surface area contributed by atoms with Crippen molar-refractivity contribution in [1.82, 2.24) is 0 Å². The quantitative estimate of drug-likeness (QED) is 0.206. The molecule has 0 heterocycles. The minimum Gasteiger partial charge on any atom is -0.390 e. The summed E-state index contributed by atoms with van der Waals surface area (Å²) in [5.41, 5.74) is 6.31. The van der Waals surface area contributed by atoms with Crippen molar-refractivity contribution in [1.29, 1.82) is 0 Å². The van der Waals surface area contributed by atoms with E-state index in [2.05, 4.69) is 5.92 Å². The van der Waals surface area contributed by atoms with Crippen LogP contribution >= 0.6 is 7.92 Å². The average Bonchev–Trinajstić information content (AvgIpc) is 3.29. The van der Waals surface area contributed by atoms with Gasteiger partial charge < -0.3 is 30.7 Å². The monoisotopic (exact) mass is 533 g/mol. The van der Waals surface area contributed by atoms with Crippen molar-refractivity contribution in [2.24, 2.45) is 0 Å². The fourth-order valence-corrected chi connectivity index (χ4v) is 11.8. The van der Waals surface area contributed by atoms with Crippen LogP contribution in [0.4, 0.5) is 0 Å². The molecule has 0 radical (unpaired) electrons. The predicted molar refractivity (Wildman–Crippen MR) is 151 cm³/mol. The molecule has 0 amide bonds. The van der Waals surface area contributed by atoms with Crippen LogP contribution in [-0.2, 0) is 16.8 Å². The molecule has 0 aromatic heterocycles. The Kier molecular flexibility index (Phi) is 15.3. The van der Waals surface area contributed by atoms with E-state index < -0.39 is 0 Å². The maximum Gasteiger partial charge on any atom is 3.00 e. The van der Waals surface area contributed by atoms with Gasteiger partial charge in [-0.1, -0.05) is 43.9 Å². The van der Waals surface area contributed by atoms with E-state index in [1.807, 2.05) is 30.3 Å². The van der Waals surface area contributed by atoms with Crippen LogP contribution in [0.1, 0.15) is 121 Å². The van der Waals surface area contributed by atoms with Crippen LogP contribution in [0, 0.1) is 25.5 Å². The Morgan fingerprint density at radius 3 is 1.23 bits per heavy atom. The number of benzene rings is 1. The van der Waals surface area contributed by atoms with Crippen molar-refractivity contribution in [2.45, 2.75) is 133 Å². The van der Waals surface area contributed by atoms with Crippen LogP contribution in [0.15, 0.2) is 41.5 Å². The minimum absolute atomic E-state index is 0. The molecule has 5 rings (SSSR count). The van der Waals surface area contributed by atoms with Crippen molar-refractivity contribution in [3.63, 3.8) is 0 Å². The maximum atomic E-state index is 6.69. The Bertz CT molecular complexity index is 701. The van der Waals surface area contributed by atoms with Crippen molar-refractivity contribution in [2.75, 3.05) is 0 Å². The predicted octanol–water partition coefficient (Wildman–Crippen LogP) is 9.71. The van der Waals surface area contributed by atoms with Crippen LogP contribution < -0.4 is 0 Å². The molecular weight excluding hydrogens is 486 g/mol. The summed E-state index contributed by atoms with van der Waals surface area (Å²) in [6, 6.07) is 9.37. The summed E-state index contributed by atoms with van der Waals surface area (Å²) in [4.78, 5) is 0. The molecule has 2 heteroatoms. The van der Waals surface area contributed by atoms with Crippen LogP contribution in [0.3, 0.4) is 0 Å². The van der Waals surface area contributed by atoms with E-state index in [-0.39, 0.29) is 24.7 Å². The van der Waals surface area contributed by atoms with E-state index in [1.165, 1.54) is 17.0 Å². The molecule has 0 unspecified atom stereocenters. The molecule has 4 fully saturated rings. The Labute approximate surface area is 229 Å². The Balaban J connectivity index is 0.000000223. The fraction of sp³-hybridized carbons (Fsp3) is 0.636. The number of hydrogen-bond donors (Lipinski definition) is 0.